The van der Waals surface area contributed by atoms with E-state index in [1.54, 1.807) is 6.92 Å². The van der Waals surface area contributed by atoms with Crippen molar-refractivity contribution in [3.63, 3.8) is 0 Å². The van der Waals surface area contributed by atoms with E-state index in [1.165, 1.54) is 25.3 Å². The first-order valence-corrected chi connectivity index (χ1v) is 7.42. The van der Waals surface area contributed by atoms with E-state index in [1.807, 2.05) is 6.07 Å². The molecular weight excluding hydrogens is 263 g/mol. The second kappa shape index (κ2) is 4.78. The molecule has 1 saturated carbocycles. The first-order valence-electron chi connectivity index (χ1n) is 6.88. The Labute approximate surface area is 117 Å². The van der Waals surface area contributed by atoms with Crippen molar-refractivity contribution >= 4 is 22.6 Å². The Hall–Kier alpha value is -1.09. The molecule has 0 N–H and O–H groups in total. The highest BCUT2D eigenvalue weighted by Gasteiger charge is 2.39. The van der Waals surface area contributed by atoms with Crippen LogP contribution in [0.2, 0.25) is 0 Å². The standard InChI is InChI=1S/C15H18ClFN2/c1-3-4-10-6-13(10)19-14-5-9(2)11(17)7-12(14)18-15(19)8-16/h5,7,10,13H,3-4,6,8H2,1-2H3. The molecule has 2 atom stereocenters. The highest BCUT2D eigenvalue weighted by Crippen LogP contribution is 2.48. The van der Waals surface area contributed by atoms with E-state index in [0.29, 0.717) is 17.5 Å². The summed E-state index contributed by atoms with van der Waals surface area (Å²) in [6, 6.07) is 3.92. The van der Waals surface area contributed by atoms with Crippen molar-refractivity contribution in [2.24, 2.45) is 5.92 Å². The zero-order valence-electron chi connectivity index (χ0n) is 11.3. The Morgan fingerprint density at radius 1 is 1.47 bits per heavy atom. The van der Waals surface area contributed by atoms with Crippen molar-refractivity contribution < 1.29 is 4.39 Å². The summed E-state index contributed by atoms with van der Waals surface area (Å²) < 4.78 is 15.9. The summed E-state index contributed by atoms with van der Waals surface area (Å²) in [7, 11) is 0. The fraction of sp³-hybridized carbons (Fsp3) is 0.533. The molecule has 19 heavy (non-hydrogen) atoms. The van der Waals surface area contributed by atoms with Crippen molar-refractivity contribution in [3.8, 4) is 0 Å². The number of imidazole rings is 1. The highest BCUT2D eigenvalue weighted by molar-refractivity contribution is 6.16. The van der Waals surface area contributed by atoms with Gasteiger partial charge < -0.3 is 4.57 Å². The van der Waals surface area contributed by atoms with Gasteiger partial charge in [0.2, 0.25) is 0 Å². The van der Waals surface area contributed by atoms with E-state index in [2.05, 4.69) is 16.5 Å². The monoisotopic (exact) mass is 280 g/mol. The number of hydrogen-bond donors (Lipinski definition) is 0. The predicted molar refractivity (Wildman–Crippen MR) is 76.0 cm³/mol. The van der Waals surface area contributed by atoms with Gasteiger partial charge in [-0.3, -0.25) is 0 Å². The van der Waals surface area contributed by atoms with E-state index < -0.39 is 0 Å². The smallest absolute Gasteiger partial charge is 0.128 e. The van der Waals surface area contributed by atoms with Crippen LogP contribution in [0.1, 0.15) is 43.6 Å². The lowest BCUT2D eigenvalue weighted by molar-refractivity contribution is 0.604. The summed E-state index contributed by atoms with van der Waals surface area (Å²) in [4.78, 5) is 4.48. The first-order chi connectivity index (χ1) is 9.15. The van der Waals surface area contributed by atoms with Gasteiger partial charge >= 0.3 is 0 Å². The number of benzene rings is 1. The largest absolute Gasteiger partial charge is 0.324 e. The van der Waals surface area contributed by atoms with Crippen molar-refractivity contribution in [2.75, 3.05) is 0 Å². The minimum Gasteiger partial charge on any atom is -0.324 e. The molecule has 1 heterocycles. The Kier molecular flexibility index (Phi) is 3.25. The van der Waals surface area contributed by atoms with Crippen molar-refractivity contribution in [1.29, 1.82) is 0 Å². The minimum atomic E-state index is -0.195. The van der Waals surface area contributed by atoms with Crippen LogP contribution in [0.5, 0.6) is 0 Å². The maximum absolute atomic E-state index is 13.6. The lowest BCUT2D eigenvalue weighted by Gasteiger charge is -2.07. The van der Waals surface area contributed by atoms with Crippen LogP contribution in [0.3, 0.4) is 0 Å². The summed E-state index contributed by atoms with van der Waals surface area (Å²) in [5.41, 5.74) is 2.42. The number of rotatable bonds is 4. The lowest BCUT2D eigenvalue weighted by Crippen LogP contribution is -2.01. The molecule has 1 fully saturated rings. The van der Waals surface area contributed by atoms with Gasteiger partial charge in [-0.1, -0.05) is 13.3 Å². The third kappa shape index (κ3) is 2.14. The van der Waals surface area contributed by atoms with Crippen LogP contribution in [-0.2, 0) is 5.88 Å². The van der Waals surface area contributed by atoms with Crippen LogP contribution in [0, 0.1) is 18.7 Å². The molecule has 0 radical (unpaired) electrons. The Balaban J connectivity index is 2.09. The zero-order valence-corrected chi connectivity index (χ0v) is 12.0. The van der Waals surface area contributed by atoms with Gasteiger partial charge in [0.1, 0.15) is 11.6 Å². The van der Waals surface area contributed by atoms with Crippen molar-refractivity contribution in [1.82, 2.24) is 9.55 Å². The van der Waals surface area contributed by atoms with E-state index in [9.17, 15) is 4.39 Å². The van der Waals surface area contributed by atoms with Crippen LogP contribution in [0.25, 0.3) is 11.0 Å². The average Bonchev–Trinajstić information content (AvgIpc) is 3.04. The summed E-state index contributed by atoms with van der Waals surface area (Å²) in [5.74, 6) is 1.78. The molecule has 1 aliphatic rings. The maximum Gasteiger partial charge on any atom is 0.128 e. The maximum atomic E-state index is 13.6. The van der Waals surface area contributed by atoms with Crippen LogP contribution in [-0.4, -0.2) is 9.55 Å². The molecule has 2 aromatic rings. The Morgan fingerprint density at radius 2 is 2.26 bits per heavy atom. The average molecular weight is 281 g/mol. The second-order valence-corrected chi connectivity index (χ2v) is 5.74. The van der Waals surface area contributed by atoms with Crippen molar-refractivity contribution in [3.05, 3.63) is 29.3 Å². The lowest BCUT2D eigenvalue weighted by atomic mass is 10.2. The summed E-state index contributed by atoms with van der Waals surface area (Å²) in [5, 5.41) is 0. The number of aromatic nitrogens is 2. The van der Waals surface area contributed by atoms with Crippen molar-refractivity contribution in [2.45, 2.75) is 45.0 Å². The van der Waals surface area contributed by atoms with Crippen LogP contribution in [0.15, 0.2) is 12.1 Å². The molecule has 1 aliphatic carbocycles. The number of nitrogens with zero attached hydrogens (tertiary/aromatic N) is 2. The second-order valence-electron chi connectivity index (χ2n) is 5.47. The van der Waals surface area contributed by atoms with E-state index in [4.69, 9.17) is 11.6 Å². The molecule has 3 rings (SSSR count). The molecule has 0 saturated heterocycles. The van der Waals surface area contributed by atoms with Crippen LogP contribution in [0.4, 0.5) is 4.39 Å². The fourth-order valence-electron chi connectivity index (χ4n) is 2.96. The number of hydrogen-bond acceptors (Lipinski definition) is 1. The SMILES string of the molecule is CCCC1CC1n1c(CCl)nc2cc(F)c(C)cc21. The molecule has 102 valence electrons. The third-order valence-corrected chi connectivity index (χ3v) is 4.28. The first kappa shape index (κ1) is 12.9. The summed E-state index contributed by atoms with van der Waals surface area (Å²) in [6.45, 7) is 4.01. The van der Waals surface area contributed by atoms with Gasteiger partial charge in [-0.15, -0.1) is 11.6 Å². The van der Waals surface area contributed by atoms with Gasteiger partial charge in [-0.05, 0) is 37.3 Å². The normalized spacial score (nSPS) is 22.1. The Morgan fingerprint density at radius 3 is 2.95 bits per heavy atom. The van der Waals surface area contributed by atoms with Gasteiger partial charge in [-0.2, -0.15) is 0 Å². The number of aryl methyl sites for hydroxylation is 1. The van der Waals surface area contributed by atoms with E-state index in [-0.39, 0.29) is 5.82 Å². The fourth-order valence-corrected chi connectivity index (χ4v) is 3.15. The minimum absolute atomic E-state index is 0.195. The number of fused-ring (bicyclic) bond motifs is 1. The van der Waals surface area contributed by atoms with Gasteiger partial charge in [0.15, 0.2) is 0 Å². The van der Waals surface area contributed by atoms with Gasteiger partial charge in [-0.25, -0.2) is 9.37 Å². The predicted octanol–water partition coefficient (Wildman–Crippen LogP) is 4.58. The van der Waals surface area contributed by atoms with Gasteiger partial charge in [0, 0.05) is 12.1 Å². The van der Waals surface area contributed by atoms with Gasteiger partial charge in [0.05, 0.1) is 16.9 Å². The molecule has 0 bridgehead atoms. The summed E-state index contributed by atoms with van der Waals surface area (Å²) in [6.07, 6.45) is 3.64. The molecule has 0 spiro atoms. The van der Waals surface area contributed by atoms with E-state index >= 15 is 0 Å². The molecular formula is C15H18ClFN2. The number of halogens is 2. The van der Waals surface area contributed by atoms with Crippen LogP contribution < -0.4 is 0 Å². The summed E-state index contributed by atoms with van der Waals surface area (Å²) >= 11 is 6.00. The third-order valence-electron chi connectivity index (χ3n) is 4.04. The molecule has 1 aromatic carbocycles. The molecule has 0 aliphatic heterocycles. The van der Waals surface area contributed by atoms with E-state index in [0.717, 1.165) is 22.8 Å². The molecule has 2 nitrogen and oxygen atoms in total. The topological polar surface area (TPSA) is 17.8 Å². The molecule has 0 amide bonds. The Bertz CT molecular complexity index is 620. The quantitative estimate of drug-likeness (QED) is 0.749. The van der Waals surface area contributed by atoms with Crippen LogP contribution >= 0.6 is 11.6 Å². The molecule has 2 unspecified atom stereocenters. The zero-order chi connectivity index (χ0) is 13.6. The molecule has 4 heteroatoms. The molecule has 1 aromatic heterocycles. The highest BCUT2D eigenvalue weighted by atomic mass is 35.5. The number of alkyl halides is 1. The van der Waals surface area contributed by atoms with Gasteiger partial charge in [0.25, 0.3) is 0 Å².